The van der Waals surface area contributed by atoms with E-state index < -0.39 is 0 Å². The molecule has 2 heterocycles. The zero-order valence-corrected chi connectivity index (χ0v) is 17.5. The van der Waals surface area contributed by atoms with Crippen LogP contribution in [0.15, 0.2) is 73.1 Å². The molecule has 1 saturated heterocycles. The molecule has 1 unspecified atom stereocenters. The number of benzene rings is 2. The molecule has 3 nitrogen and oxygen atoms in total. The highest BCUT2D eigenvalue weighted by atomic mass is 16.5. The predicted molar refractivity (Wildman–Crippen MR) is 119 cm³/mol. The van der Waals surface area contributed by atoms with Crippen LogP contribution in [0.25, 0.3) is 0 Å². The Bertz CT molecular complexity index is 867. The third-order valence-corrected chi connectivity index (χ3v) is 5.75. The Morgan fingerprint density at radius 2 is 1.66 bits per heavy atom. The van der Waals surface area contributed by atoms with Crippen LogP contribution in [-0.4, -0.2) is 22.6 Å². The molecular weight excluding hydrogens is 356 g/mol. The van der Waals surface area contributed by atoms with Gasteiger partial charge in [-0.1, -0.05) is 55.8 Å². The van der Waals surface area contributed by atoms with E-state index in [4.69, 9.17) is 4.74 Å². The van der Waals surface area contributed by atoms with Gasteiger partial charge in [-0.2, -0.15) is 0 Å². The van der Waals surface area contributed by atoms with Crippen molar-refractivity contribution in [1.82, 2.24) is 9.47 Å². The number of hydrogen-bond acceptors (Lipinski definition) is 2. The molecule has 0 amide bonds. The second-order valence-corrected chi connectivity index (χ2v) is 8.09. The average molecular weight is 389 g/mol. The van der Waals surface area contributed by atoms with Gasteiger partial charge in [0.05, 0.1) is 6.54 Å². The van der Waals surface area contributed by atoms with Crippen molar-refractivity contribution >= 4 is 0 Å². The summed E-state index contributed by atoms with van der Waals surface area (Å²) < 4.78 is 8.90. The van der Waals surface area contributed by atoms with E-state index in [-0.39, 0.29) is 6.10 Å². The third kappa shape index (κ3) is 5.30. The Balaban J connectivity index is 1.61. The van der Waals surface area contributed by atoms with Crippen LogP contribution in [0.4, 0.5) is 0 Å². The largest absolute Gasteiger partial charge is 0.485 e. The molecule has 0 bridgehead atoms. The Morgan fingerprint density at radius 3 is 2.38 bits per heavy atom. The molecule has 0 saturated carbocycles. The number of aromatic nitrogens is 1. The number of rotatable bonds is 9. The molecular formula is C26H32N2O. The Morgan fingerprint density at radius 1 is 0.897 bits per heavy atom. The minimum Gasteiger partial charge on any atom is -0.485 e. The Hall–Kier alpha value is -2.52. The van der Waals surface area contributed by atoms with Crippen LogP contribution in [0.1, 0.15) is 55.4 Å². The van der Waals surface area contributed by atoms with Crippen molar-refractivity contribution in [3.8, 4) is 5.75 Å². The zero-order valence-electron chi connectivity index (χ0n) is 17.5. The van der Waals surface area contributed by atoms with Gasteiger partial charge >= 0.3 is 0 Å². The first-order valence-corrected chi connectivity index (χ1v) is 11.0. The number of hydrogen-bond donors (Lipinski definition) is 0. The van der Waals surface area contributed by atoms with E-state index >= 15 is 0 Å². The lowest BCUT2D eigenvalue weighted by atomic mass is 10.0. The summed E-state index contributed by atoms with van der Waals surface area (Å²) in [5.74, 6) is 1.03. The van der Waals surface area contributed by atoms with Crippen molar-refractivity contribution in [3.63, 3.8) is 0 Å². The molecule has 0 aliphatic carbocycles. The second-order valence-electron chi connectivity index (χ2n) is 8.09. The van der Waals surface area contributed by atoms with Crippen molar-refractivity contribution in [2.45, 2.75) is 51.8 Å². The Labute approximate surface area is 174 Å². The topological polar surface area (TPSA) is 17.4 Å². The molecule has 4 rings (SSSR count). The van der Waals surface area contributed by atoms with Gasteiger partial charge in [0, 0.05) is 24.5 Å². The lowest BCUT2D eigenvalue weighted by molar-refractivity contribution is 0.191. The smallest absolute Gasteiger partial charge is 0.125 e. The van der Waals surface area contributed by atoms with Crippen LogP contribution in [0.2, 0.25) is 0 Å². The summed E-state index contributed by atoms with van der Waals surface area (Å²) in [7, 11) is 0. The maximum atomic E-state index is 6.69. The van der Waals surface area contributed by atoms with Gasteiger partial charge in [0.2, 0.25) is 0 Å². The standard InChI is InChI=1S/C26H32N2O/c1-2-10-25(23-11-4-3-5-12-23)29-26-19-22(20-27-15-6-7-16-27)13-14-24(26)21-28-17-8-9-18-28/h3-5,8-9,11-14,17-19,25H,2,6-7,10,15-16,20-21H2,1H3. The molecule has 1 aliphatic heterocycles. The van der Waals surface area contributed by atoms with Gasteiger partial charge in [0.1, 0.15) is 11.9 Å². The van der Waals surface area contributed by atoms with Crippen molar-refractivity contribution in [2.75, 3.05) is 13.1 Å². The van der Waals surface area contributed by atoms with E-state index in [1.807, 2.05) is 0 Å². The van der Waals surface area contributed by atoms with Crippen molar-refractivity contribution in [1.29, 1.82) is 0 Å². The van der Waals surface area contributed by atoms with Gasteiger partial charge in [0.15, 0.2) is 0 Å². The number of likely N-dealkylation sites (tertiary alicyclic amines) is 1. The van der Waals surface area contributed by atoms with Crippen molar-refractivity contribution < 1.29 is 4.74 Å². The van der Waals surface area contributed by atoms with E-state index in [0.717, 1.165) is 31.7 Å². The minimum atomic E-state index is 0.0895. The average Bonchev–Trinajstić information content (AvgIpc) is 3.44. The molecule has 29 heavy (non-hydrogen) atoms. The van der Waals surface area contributed by atoms with E-state index in [9.17, 15) is 0 Å². The van der Waals surface area contributed by atoms with Crippen LogP contribution in [-0.2, 0) is 13.1 Å². The zero-order chi connectivity index (χ0) is 19.9. The highest BCUT2D eigenvalue weighted by molar-refractivity contribution is 5.39. The van der Waals surface area contributed by atoms with Gasteiger partial charge in [-0.25, -0.2) is 0 Å². The van der Waals surface area contributed by atoms with Crippen molar-refractivity contribution in [3.05, 3.63) is 89.7 Å². The second kappa shape index (κ2) is 9.80. The summed E-state index contributed by atoms with van der Waals surface area (Å²) in [5.41, 5.74) is 3.84. The van der Waals surface area contributed by atoms with Gasteiger partial charge < -0.3 is 9.30 Å². The van der Waals surface area contributed by atoms with E-state index in [1.165, 1.54) is 42.6 Å². The summed E-state index contributed by atoms with van der Waals surface area (Å²) in [6.45, 7) is 6.50. The lowest BCUT2D eigenvalue weighted by Gasteiger charge is -2.23. The fraction of sp³-hybridized carbons (Fsp3) is 0.385. The third-order valence-electron chi connectivity index (χ3n) is 5.75. The lowest BCUT2D eigenvalue weighted by Crippen LogP contribution is -2.18. The molecule has 1 aliphatic rings. The van der Waals surface area contributed by atoms with Crippen LogP contribution >= 0.6 is 0 Å². The first-order chi connectivity index (χ1) is 14.3. The molecule has 3 aromatic rings. The van der Waals surface area contributed by atoms with Crippen LogP contribution in [0, 0.1) is 0 Å². The molecule has 1 aromatic heterocycles. The molecule has 0 radical (unpaired) electrons. The molecule has 1 atom stereocenters. The highest BCUT2D eigenvalue weighted by Gasteiger charge is 2.17. The quantitative estimate of drug-likeness (QED) is 0.444. The molecule has 152 valence electrons. The minimum absolute atomic E-state index is 0.0895. The molecule has 0 N–H and O–H groups in total. The van der Waals surface area contributed by atoms with Gasteiger partial charge in [0.25, 0.3) is 0 Å². The van der Waals surface area contributed by atoms with E-state index in [0.29, 0.717) is 0 Å². The number of ether oxygens (including phenoxy) is 1. The van der Waals surface area contributed by atoms with Crippen LogP contribution in [0.5, 0.6) is 5.75 Å². The van der Waals surface area contributed by atoms with Gasteiger partial charge in [-0.15, -0.1) is 0 Å². The first kappa shape index (κ1) is 19.8. The fourth-order valence-electron chi connectivity index (χ4n) is 4.19. The van der Waals surface area contributed by atoms with E-state index in [2.05, 4.69) is 89.4 Å². The maximum Gasteiger partial charge on any atom is 0.125 e. The van der Waals surface area contributed by atoms with Crippen molar-refractivity contribution in [2.24, 2.45) is 0 Å². The highest BCUT2D eigenvalue weighted by Crippen LogP contribution is 2.31. The molecule has 0 spiro atoms. The normalized spacial score (nSPS) is 15.5. The summed E-state index contributed by atoms with van der Waals surface area (Å²) in [4.78, 5) is 2.55. The van der Waals surface area contributed by atoms with Crippen LogP contribution in [0.3, 0.4) is 0 Å². The maximum absolute atomic E-state index is 6.69. The summed E-state index contributed by atoms with van der Waals surface area (Å²) in [6, 6.07) is 21.6. The summed E-state index contributed by atoms with van der Waals surface area (Å²) in [6.07, 6.45) is 9.07. The summed E-state index contributed by atoms with van der Waals surface area (Å²) >= 11 is 0. The monoisotopic (exact) mass is 388 g/mol. The molecule has 2 aromatic carbocycles. The molecule has 1 fully saturated rings. The summed E-state index contributed by atoms with van der Waals surface area (Å²) in [5, 5.41) is 0. The fourth-order valence-corrected chi connectivity index (χ4v) is 4.19. The Kier molecular flexibility index (Phi) is 6.68. The first-order valence-electron chi connectivity index (χ1n) is 11.0. The van der Waals surface area contributed by atoms with Gasteiger partial charge in [-0.3, -0.25) is 4.90 Å². The molecule has 3 heteroatoms. The van der Waals surface area contributed by atoms with E-state index in [1.54, 1.807) is 0 Å². The predicted octanol–water partition coefficient (Wildman–Crippen LogP) is 6.05. The van der Waals surface area contributed by atoms with Gasteiger partial charge in [-0.05, 0) is 61.7 Å². The van der Waals surface area contributed by atoms with Crippen LogP contribution < -0.4 is 4.74 Å². The number of nitrogens with zero attached hydrogens (tertiary/aromatic N) is 2. The SMILES string of the molecule is CCCC(Oc1cc(CN2CCCC2)ccc1Cn1cccc1)c1ccccc1.